The maximum absolute atomic E-state index is 11.5. The van der Waals surface area contributed by atoms with Gasteiger partial charge < -0.3 is 5.11 Å². The molecule has 1 saturated carbocycles. The lowest BCUT2D eigenvalue weighted by atomic mass is 9.94. The second-order valence-electron chi connectivity index (χ2n) is 6.60. The first-order valence-electron chi connectivity index (χ1n) is 7.32. The van der Waals surface area contributed by atoms with Crippen LogP contribution in [0.25, 0.3) is 0 Å². The molecule has 1 aliphatic rings. The van der Waals surface area contributed by atoms with Gasteiger partial charge in [-0.25, -0.2) is 4.98 Å². The quantitative estimate of drug-likeness (QED) is 0.893. The molecule has 2 N–H and O–H groups in total. The largest absolute Gasteiger partial charge is 0.480 e. The minimum Gasteiger partial charge on any atom is -0.480 e. The first-order valence-corrected chi connectivity index (χ1v) is 8.20. The molecule has 0 spiro atoms. The Balaban J connectivity index is 2.11. The summed E-state index contributed by atoms with van der Waals surface area (Å²) in [6.07, 6.45) is 5.78. The number of carboxylic acid groups (broad SMARTS) is 1. The predicted molar refractivity (Wildman–Crippen MR) is 81.2 cm³/mol. The van der Waals surface area contributed by atoms with Gasteiger partial charge in [0, 0.05) is 16.8 Å². The molecule has 112 valence electrons. The Bertz CT molecular complexity index is 459. The standard InChI is InChI=1S/C15H24N2O2S/c1-15(2,3)14-17-11(9-20-14)12(13(18)19)16-10-7-5-4-6-8-10/h9-10,12,16H,4-8H2,1-3H3,(H,18,19). The summed E-state index contributed by atoms with van der Waals surface area (Å²) in [6, 6.07) is -0.366. The van der Waals surface area contributed by atoms with E-state index in [2.05, 4.69) is 31.1 Å². The molecule has 5 heteroatoms. The molecule has 2 rings (SSSR count). The van der Waals surface area contributed by atoms with E-state index in [1.165, 1.54) is 19.3 Å². The molecule has 0 amide bonds. The summed E-state index contributed by atoms with van der Waals surface area (Å²) < 4.78 is 0. The van der Waals surface area contributed by atoms with E-state index in [0.29, 0.717) is 11.7 Å². The molecular weight excluding hydrogens is 272 g/mol. The van der Waals surface area contributed by atoms with Gasteiger partial charge in [-0.15, -0.1) is 11.3 Å². The number of thiazole rings is 1. The molecule has 1 aliphatic carbocycles. The average molecular weight is 296 g/mol. The van der Waals surface area contributed by atoms with E-state index in [-0.39, 0.29) is 5.41 Å². The molecule has 1 atom stereocenters. The van der Waals surface area contributed by atoms with Gasteiger partial charge in [-0.05, 0) is 12.8 Å². The summed E-state index contributed by atoms with van der Waals surface area (Å²) >= 11 is 1.55. The molecule has 1 aromatic rings. The van der Waals surface area contributed by atoms with Crippen LogP contribution in [-0.4, -0.2) is 22.1 Å². The topological polar surface area (TPSA) is 62.2 Å². The number of carbonyl (C=O) groups is 1. The zero-order valence-electron chi connectivity index (χ0n) is 12.5. The number of aromatic nitrogens is 1. The average Bonchev–Trinajstić information content (AvgIpc) is 2.86. The van der Waals surface area contributed by atoms with Crippen molar-refractivity contribution in [2.75, 3.05) is 0 Å². The van der Waals surface area contributed by atoms with E-state index in [0.717, 1.165) is 17.8 Å². The van der Waals surface area contributed by atoms with Gasteiger partial charge in [0.05, 0.1) is 10.7 Å². The smallest absolute Gasteiger partial charge is 0.327 e. The van der Waals surface area contributed by atoms with Crippen molar-refractivity contribution in [3.63, 3.8) is 0 Å². The van der Waals surface area contributed by atoms with Gasteiger partial charge in [0.25, 0.3) is 0 Å². The monoisotopic (exact) mass is 296 g/mol. The summed E-state index contributed by atoms with van der Waals surface area (Å²) in [5.74, 6) is -0.832. The van der Waals surface area contributed by atoms with Gasteiger partial charge in [-0.1, -0.05) is 40.0 Å². The first kappa shape index (κ1) is 15.4. The van der Waals surface area contributed by atoms with E-state index in [4.69, 9.17) is 0 Å². The van der Waals surface area contributed by atoms with Crippen LogP contribution in [0.5, 0.6) is 0 Å². The minimum atomic E-state index is -0.832. The zero-order valence-corrected chi connectivity index (χ0v) is 13.3. The molecule has 0 radical (unpaired) electrons. The van der Waals surface area contributed by atoms with Crippen molar-refractivity contribution in [3.05, 3.63) is 16.1 Å². The Morgan fingerprint density at radius 1 is 1.40 bits per heavy atom. The summed E-state index contributed by atoms with van der Waals surface area (Å²) in [5.41, 5.74) is 0.620. The number of rotatable bonds is 4. The third-order valence-corrected chi connectivity index (χ3v) is 5.00. The van der Waals surface area contributed by atoms with Gasteiger partial charge in [0.2, 0.25) is 0 Å². The SMILES string of the molecule is CC(C)(C)c1nc(C(NC2CCCCC2)C(=O)O)cs1. The van der Waals surface area contributed by atoms with Crippen molar-refractivity contribution >= 4 is 17.3 Å². The summed E-state index contributed by atoms with van der Waals surface area (Å²) in [7, 11) is 0. The molecule has 1 aromatic heterocycles. The third-order valence-electron chi connectivity index (χ3n) is 3.71. The lowest BCUT2D eigenvalue weighted by molar-refractivity contribution is -0.140. The summed E-state index contributed by atoms with van der Waals surface area (Å²) in [5, 5.41) is 15.6. The van der Waals surface area contributed by atoms with E-state index in [9.17, 15) is 9.90 Å². The van der Waals surface area contributed by atoms with Crippen LogP contribution >= 0.6 is 11.3 Å². The fourth-order valence-corrected chi connectivity index (χ4v) is 3.48. The highest BCUT2D eigenvalue weighted by Crippen LogP contribution is 2.29. The van der Waals surface area contributed by atoms with Crippen LogP contribution in [0.2, 0.25) is 0 Å². The number of aliphatic carboxylic acids is 1. The molecule has 4 nitrogen and oxygen atoms in total. The molecule has 0 bridgehead atoms. The first-order chi connectivity index (χ1) is 9.38. The molecule has 1 unspecified atom stereocenters. The van der Waals surface area contributed by atoms with E-state index >= 15 is 0 Å². The lowest BCUT2D eigenvalue weighted by Crippen LogP contribution is -2.38. The van der Waals surface area contributed by atoms with Crippen molar-refractivity contribution < 1.29 is 9.90 Å². The molecule has 1 fully saturated rings. The second kappa shape index (κ2) is 6.22. The Morgan fingerprint density at radius 2 is 2.05 bits per heavy atom. The van der Waals surface area contributed by atoms with Crippen LogP contribution < -0.4 is 5.32 Å². The van der Waals surface area contributed by atoms with E-state index in [1.54, 1.807) is 11.3 Å². The van der Waals surface area contributed by atoms with Crippen LogP contribution in [0.3, 0.4) is 0 Å². The summed E-state index contributed by atoms with van der Waals surface area (Å²) in [6.45, 7) is 6.29. The van der Waals surface area contributed by atoms with Gasteiger partial charge >= 0.3 is 5.97 Å². The van der Waals surface area contributed by atoms with Gasteiger partial charge in [-0.3, -0.25) is 10.1 Å². The van der Waals surface area contributed by atoms with Crippen LogP contribution in [-0.2, 0) is 10.2 Å². The fraction of sp³-hybridized carbons (Fsp3) is 0.733. The normalized spacial score (nSPS) is 18.9. The van der Waals surface area contributed by atoms with Crippen LogP contribution in [0.4, 0.5) is 0 Å². The number of nitrogens with zero attached hydrogens (tertiary/aromatic N) is 1. The second-order valence-corrected chi connectivity index (χ2v) is 7.46. The molecular formula is C15H24N2O2S. The van der Waals surface area contributed by atoms with Crippen LogP contribution in [0.15, 0.2) is 5.38 Å². The molecule has 0 saturated heterocycles. The summed E-state index contributed by atoms with van der Waals surface area (Å²) in [4.78, 5) is 16.1. The molecule has 0 aromatic carbocycles. The fourth-order valence-electron chi connectivity index (χ4n) is 2.55. The van der Waals surface area contributed by atoms with Gasteiger partial charge in [-0.2, -0.15) is 0 Å². The molecule has 0 aliphatic heterocycles. The maximum atomic E-state index is 11.5. The number of hydrogen-bond donors (Lipinski definition) is 2. The lowest BCUT2D eigenvalue weighted by Gasteiger charge is -2.25. The third kappa shape index (κ3) is 3.79. The van der Waals surface area contributed by atoms with Crippen molar-refractivity contribution in [3.8, 4) is 0 Å². The van der Waals surface area contributed by atoms with E-state index < -0.39 is 12.0 Å². The Labute approximate surface area is 124 Å². The minimum absolute atomic E-state index is 0.0309. The number of hydrogen-bond acceptors (Lipinski definition) is 4. The number of nitrogens with one attached hydrogen (secondary N) is 1. The van der Waals surface area contributed by atoms with Crippen molar-refractivity contribution in [1.82, 2.24) is 10.3 Å². The van der Waals surface area contributed by atoms with Crippen molar-refractivity contribution in [1.29, 1.82) is 0 Å². The van der Waals surface area contributed by atoms with Gasteiger partial charge in [0.1, 0.15) is 6.04 Å². The van der Waals surface area contributed by atoms with E-state index in [1.807, 2.05) is 5.38 Å². The maximum Gasteiger partial charge on any atom is 0.327 e. The van der Waals surface area contributed by atoms with Gasteiger partial charge in [0.15, 0.2) is 0 Å². The highest BCUT2D eigenvalue weighted by molar-refractivity contribution is 7.09. The predicted octanol–water partition coefficient (Wildman–Crippen LogP) is 3.49. The number of carboxylic acids is 1. The molecule has 1 heterocycles. The van der Waals surface area contributed by atoms with Crippen molar-refractivity contribution in [2.24, 2.45) is 0 Å². The van der Waals surface area contributed by atoms with Crippen LogP contribution in [0.1, 0.15) is 69.6 Å². The van der Waals surface area contributed by atoms with Crippen LogP contribution in [0, 0.1) is 0 Å². The highest BCUT2D eigenvalue weighted by atomic mass is 32.1. The molecule has 20 heavy (non-hydrogen) atoms. The van der Waals surface area contributed by atoms with Crippen molar-refractivity contribution in [2.45, 2.75) is 70.4 Å². The Hall–Kier alpha value is -0.940. The Morgan fingerprint density at radius 3 is 2.55 bits per heavy atom. The Kier molecular flexibility index (Phi) is 4.81. The zero-order chi connectivity index (χ0) is 14.8. The highest BCUT2D eigenvalue weighted by Gasteiger charge is 2.28.